The van der Waals surface area contributed by atoms with E-state index in [0.29, 0.717) is 6.61 Å². The first-order chi connectivity index (χ1) is 5.99. The van der Waals surface area contributed by atoms with Crippen LogP contribution in [0.15, 0.2) is 0 Å². The lowest BCUT2D eigenvalue weighted by molar-refractivity contribution is -0.133. The smallest absolute Gasteiger partial charge is 0.236 e. The Kier molecular flexibility index (Phi) is 3.35. The van der Waals surface area contributed by atoms with Gasteiger partial charge < -0.3 is 9.64 Å². The zero-order valence-electron chi connectivity index (χ0n) is 8.34. The lowest BCUT2D eigenvalue weighted by Gasteiger charge is -2.34. The predicted molar refractivity (Wildman–Crippen MR) is 55.0 cm³/mol. The molecule has 1 aliphatic heterocycles. The van der Waals surface area contributed by atoms with Crippen LogP contribution in [-0.2, 0) is 9.53 Å². The highest BCUT2D eigenvalue weighted by molar-refractivity contribution is 9.10. The van der Waals surface area contributed by atoms with Crippen molar-refractivity contribution in [2.45, 2.75) is 30.6 Å². The number of alkyl halides is 1. The van der Waals surface area contributed by atoms with Crippen molar-refractivity contribution in [1.29, 1.82) is 0 Å². The summed E-state index contributed by atoms with van der Waals surface area (Å²) in [6, 6.07) is 0. The van der Waals surface area contributed by atoms with Crippen LogP contribution >= 0.6 is 15.9 Å². The molecule has 0 radical (unpaired) electrons. The van der Waals surface area contributed by atoms with Crippen LogP contribution in [0.1, 0.15) is 20.3 Å². The molecule has 0 aliphatic carbocycles. The van der Waals surface area contributed by atoms with Crippen LogP contribution in [0.25, 0.3) is 0 Å². The minimum atomic E-state index is -0.186. The molecule has 0 aromatic rings. The topological polar surface area (TPSA) is 29.5 Å². The third-order valence-electron chi connectivity index (χ3n) is 2.37. The average Bonchev–Trinajstić information content (AvgIpc) is 2.33. The van der Waals surface area contributed by atoms with Gasteiger partial charge in [-0.2, -0.15) is 0 Å². The number of rotatable bonds is 3. The molecular weight excluding hydrogens is 234 g/mol. The van der Waals surface area contributed by atoms with Crippen molar-refractivity contribution in [1.82, 2.24) is 4.90 Å². The summed E-state index contributed by atoms with van der Waals surface area (Å²) in [5.74, 6) is 0.182. The molecule has 3 nitrogen and oxygen atoms in total. The SMILES string of the molecule is COCC(C)(C)N1CCC(Br)C1=O. The average molecular weight is 250 g/mol. The molecule has 0 aromatic heterocycles. The van der Waals surface area contributed by atoms with Gasteiger partial charge in [0.1, 0.15) is 0 Å². The minimum absolute atomic E-state index is 0.00336. The van der Waals surface area contributed by atoms with Crippen LogP contribution in [0.3, 0.4) is 0 Å². The van der Waals surface area contributed by atoms with Crippen LogP contribution < -0.4 is 0 Å². The second-order valence-corrected chi connectivity index (χ2v) is 5.10. The molecule has 1 amide bonds. The van der Waals surface area contributed by atoms with Crippen LogP contribution in [0.4, 0.5) is 0 Å². The van der Waals surface area contributed by atoms with Crippen molar-refractivity contribution in [2.24, 2.45) is 0 Å². The van der Waals surface area contributed by atoms with Crippen LogP contribution in [0.5, 0.6) is 0 Å². The molecule has 1 fully saturated rings. The molecule has 1 heterocycles. The van der Waals surface area contributed by atoms with Gasteiger partial charge in [-0.25, -0.2) is 0 Å². The van der Waals surface area contributed by atoms with Crippen molar-refractivity contribution in [3.8, 4) is 0 Å². The van der Waals surface area contributed by atoms with Crippen LogP contribution in [0, 0.1) is 0 Å². The maximum absolute atomic E-state index is 11.7. The summed E-state index contributed by atoms with van der Waals surface area (Å²) in [5.41, 5.74) is -0.186. The van der Waals surface area contributed by atoms with E-state index in [1.165, 1.54) is 0 Å². The van der Waals surface area contributed by atoms with Gasteiger partial charge in [-0.1, -0.05) is 15.9 Å². The van der Waals surface area contributed by atoms with Gasteiger partial charge in [-0.05, 0) is 20.3 Å². The first-order valence-electron chi connectivity index (χ1n) is 4.43. The van der Waals surface area contributed by atoms with E-state index in [4.69, 9.17) is 4.74 Å². The first kappa shape index (κ1) is 11.0. The number of carbonyl (C=O) groups excluding carboxylic acids is 1. The third-order valence-corrected chi connectivity index (χ3v) is 3.22. The van der Waals surface area contributed by atoms with E-state index in [2.05, 4.69) is 15.9 Å². The first-order valence-corrected chi connectivity index (χ1v) is 5.35. The highest BCUT2D eigenvalue weighted by Gasteiger charge is 2.38. The molecule has 1 aliphatic rings. The van der Waals surface area contributed by atoms with Crippen molar-refractivity contribution in [2.75, 3.05) is 20.3 Å². The van der Waals surface area contributed by atoms with Gasteiger partial charge in [0, 0.05) is 13.7 Å². The van der Waals surface area contributed by atoms with Crippen molar-refractivity contribution < 1.29 is 9.53 Å². The van der Waals surface area contributed by atoms with Gasteiger partial charge >= 0.3 is 0 Å². The number of amides is 1. The Hall–Kier alpha value is -0.0900. The Morgan fingerprint density at radius 1 is 1.69 bits per heavy atom. The van der Waals surface area contributed by atoms with Gasteiger partial charge in [0.25, 0.3) is 0 Å². The van der Waals surface area contributed by atoms with Gasteiger partial charge in [-0.15, -0.1) is 0 Å². The number of hydrogen-bond acceptors (Lipinski definition) is 2. The normalized spacial score (nSPS) is 24.2. The molecule has 1 unspecified atom stereocenters. The second kappa shape index (κ2) is 3.96. The van der Waals surface area contributed by atoms with Gasteiger partial charge in [0.05, 0.1) is 17.0 Å². The molecule has 76 valence electrons. The number of likely N-dealkylation sites (tertiary alicyclic amines) is 1. The minimum Gasteiger partial charge on any atom is -0.382 e. The van der Waals surface area contributed by atoms with Crippen molar-refractivity contribution in [3.63, 3.8) is 0 Å². The van der Waals surface area contributed by atoms with E-state index in [1.54, 1.807) is 7.11 Å². The molecule has 4 heteroatoms. The van der Waals surface area contributed by atoms with Crippen molar-refractivity contribution >= 4 is 21.8 Å². The van der Waals surface area contributed by atoms with Gasteiger partial charge in [0.15, 0.2) is 0 Å². The Bertz CT molecular complexity index is 206. The predicted octanol–water partition coefficient (Wildman–Crippen LogP) is 1.41. The largest absolute Gasteiger partial charge is 0.382 e. The Balaban J connectivity index is 2.66. The van der Waals surface area contributed by atoms with Gasteiger partial charge in [0.2, 0.25) is 5.91 Å². The second-order valence-electron chi connectivity index (χ2n) is 3.99. The van der Waals surface area contributed by atoms with E-state index in [9.17, 15) is 4.79 Å². The fraction of sp³-hybridized carbons (Fsp3) is 0.889. The molecule has 1 rings (SSSR count). The molecule has 0 spiro atoms. The Labute approximate surface area is 87.6 Å². The molecular formula is C9H16BrNO2. The van der Waals surface area contributed by atoms with E-state index < -0.39 is 0 Å². The van der Waals surface area contributed by atoms with E-state index in [-0.39, 0.29) is 16.3 Å². The van der Waals surface area contributed by atoms with Crippen molar-refractivity contribution in [3.05, 3.63) is 0 Å². The monoisotopic (exact) mass is 249 g/mol. The summed E-state index contributed by atoms with van der Waals surface area (Å²) in [6.07, 6.45) is 0.895. The number of carbonyl (C=O) groups is 1. The van der Waals surface area contributed by atoms with E-state index in [1.807, 2.05) is 18.7 Å². The molecule has 1 saturated heterocycles. The van der Waals surface area contributed by atoms with Gasteiger partial charge in [-0.3, -0.25) is 4.79 Å². The summed E-state index contributed by atoms with van der Waals surface area (Å²) < 4.78 is 5.09. The highest BCUT2D eigenvalue weighted by atomic mass is 79.9. The summed E-state index contributed by atoms with van der Waals surface area (Å²) >= 11 is 3.36. The molecule has 0 saturated carbocycles. The standard InChI is InChI=1S/C9H16BrNO2/c1-9(2,6-13-3)11-5-4-7(10)8(11)12/h7H,4-6H2,1-3H3. The quantitative estimate of drug-likeness (QED) is 0.709. The number of ether oxygens (including phenoxy) is 1. The summed E-state index contributed by atoms with van der Waals surface area (Å²) in [5, 5.41) is 0. The molecule has 13 heavy (non-hydrogen) atoms. The van der Waals surface area contributed by atoms with Crippen LogP contribution in [-0.4, -0.2) is 41.4 Å². The zero-order valence-corrected chi connectivity index (χ0v) is 9.93. The fourth-order valence-electron chi connectivity index (χ4n) is 1.68. The van der Waals surface area contributed by atoms with E-state index >= 15 is 0 Å². The lowest BCUT2D eigenvalue weighted by atomic mass is 10.1. The highest BCUT2D eigenvalue weighted by Crippen LogP contribution is 2.26. The maximum Gasteiger partial charge on any atom is 0.236 e. The lowest BCUT2D eigenvalue weighted by Crippen LogP contribution is -2.48. The fourth-order valence-corrected chi connectivity index (χ4v) is 2.13. The maximum atomic E-state index is 11.7. The van der Waals surface area contributed by atoms with E-state index in [0.717, 1.165) is 13.0 Å². The summed E-state index contributed by atoms with van der Waals surface area (Å²) in [6.45, 7) is 5.46. The number of hydrogen-bond donors (Lipinski definition) is 0. The summed E-state index contributed by atoms with van der Waals surface area (Å²) in [4.78, 5) is 13.5. The Morgan fingerprint density at radius 3 is 2.69 bits per heavy atom. The zero-order chi connectivity index (χ0) is 10.1. The molecule has 1 atom stereocenters. The number of nitrogens with zero attached hydrogens (tertiary/aromatic N) is 1. The number of methoxy groups -OCH3 is 1. The summed E-state index contributed by atoms with van der Waals surface area (Å²) in [7, 11) is 1.66. The molecule has 0 aromatic carbocycles. The molecule has 0 N–H and O–H groups in total. The third kappa shape index (κ3) is 2.23. The molecule has 0 bridgehead atoms. The number of halogens is 1. The Morgan fingerprint density at radius 2 is 2.31 bits per heavy atom. The van der Waals surface area contributed by atoms with Crippen LogP contribution in [0.2, 0.25) is 0 Å².